The van der Waals surface area contributed by atoms with Crippen LogP contribution in [0.15, 0.2) is 69.9 Å². The van der Waals surface area contributed by atoms with Crippen molar-refractivity contribution in [3.8, 4) is 0 Å². The van der Waals surface area contributed by atoms with Gasteiger partial charge in [0.1, 0.15) is 5.58 Å². The van der Waals surface area contributed by atoms with Crippen molar-refractivity contribution in [1.82, 2.24) is 0 Å². The summed E-state index contributed by atoms with van der Waals surface area (Å²) >= 11 is 0. The van der Waals surface area contributed by atoms with Crippen LogP contribution in [0.4, 0.5) is 5.69 Å². The van der Waals surface area contributed by atoms with Gasteiger partial charge in [-0.1, -0.05) is 30.3 Å². The molecular formula is C20H17NO5. The lowest BCUT2D eigenvalue weighted by atomic mass is 10.2. The van der Waals surface area contributed by atoms with Gasteiger partial charge in [0.15, 0.2) is 11.5 Å². The summed E-state index contributed by atoms with van der Waals surface area (Å²) in [6.07, 6.45) is -1.04. The third-order valence-corrected chi connectivity index (χ3v) is 3.94. The quantitative estimate of drug-likeness (QED) is 0.675. The van der Waals surface area contributed by atoms with Gasteiger partial charge in [-0.25, -0.2) is 4.79 Å². The first-order chi connectivity index (χ1) is 12.5. The highest BCUT2D eigenvalue weighted by Gasteiger charge is 2.24. The van der Waals surface area contributed by atoms with E-state index in [4.69, 9.17) is 9.15 Å². The van der Waals surface area contributed by atoms with Gasteiger partial charge in [-0.15, -0.1) is 0 Å². The molecule has 1 atom stereocenters. The van der Waals surface area contributed by atoms with Crippen LogP contribution in [0.1, 0.15) is 17.5 Å². The number of likely N-dealkylation sites (N-methyl/N-ethyl adjacent to an activating group) is 1. The van der Waals surface area contributed by atoms with Crippen molar-refractivity contribution < 1.29 is 18.7 Å². The fourth-order valence-corrected chi connectivity index (χ4v) is 2.53. The number of nitrogens with zero attached hydrogens (tertiary/aromatic N) is 1. The van der Waals surface area contributed by atoms with E-state index in [2.05, 4.69) is 0 Å². The van der Waals surface area contributed by atoms with E-state index >= 15 is 0 Å². The molecule has 26 heavy (non-hydrogen) atoms. The van der Waals surface area contributed by atoms with E-state index in [9.17, 15) is 14.4 Å². The summed E-state index contributed by atoms with van der Waals surface area (Å²) in [5.41, 5.74) is 0.615. The van der Waals surface area contributed by atoms with Crippen molar-refractivity contribution in [2.75, 3.05) is 11.9 Å². The molecule has 0 aliphatic heterocycles. The molecule has 1 heterocycles. The predicted molar refractivity (Wildman–Crippen MR) is 97.2 cm³/mol. The zero-order chi connectivity index (χ0) is 18.7. The molecule has 0 radical (unpaired) electrons. The molecule has 0 N–H and O–H groups in total. The van der Waals surface area contributed by atoms with E-state index in [0.717, 1.165) is 6.07 Å². The van der Waals surface area contributed by atoms with Crippen LogP contribution < -0.4 is 10.3 Å². The number of esters is 1. The Balaban J connectivity index is 1.77. The number of anilines is 1. The van der Waals surface area contributed by atoms with Crippen molar-refractivity contribution in [1.29, 1.82) is 0 Å². The monoisotopic (exact) mass is 351 g/mol. The van der Waals surface area contributed by atoms with Gasteiger partial charge in [0, 0.05) is 18.8 Å². The molecule has 1 aromatic heterocycles. The van der Waals surface area contributed by atoms with Gasteiger partial charge in [-0.3, -0.25) is 9.59 Å². The van der Waals surface area contributed by atoms with E-state index in [1.54, 1.807) is 55.6 Å². The Morgan fingerprint density at radius 3 is 2.42 bits per heavy atom. The van der Waals surface area contributed by atoms with Crippen LogP contribution in [0.3, 0.4) is 0 Å². The van der Waals surface area contributed by atoms with Crippen molar-refractivity contribution in [2.45, 2.75) is 13.0 Å². The van der Waals surface area contributed by atoms with Gasteiger partial charge in [-0.2, -0.15) is 0 Å². The maximum Gasteiger partial charge on any atom is 0.375 e. The standard InChI is InChI=1S/C20H17NO5/c1-13(19(23)21(2)14-8-4-3-5-9-14)25-20(24)18-12-16(22)15-10-6-7-11-17(15)26-18/h3-13H,1-2H3. The molecule has 0 saturated heterocycles. The minimum absolute atomic E-state index is 0.240. The van der Waals surface area contributed by atoms with E-state index in [1.807, 2.05) is 6.07 Å². The highest BCUT2D eigenvalue weighted by molar-refractivity contribution is 5.98. The molecular weight excluding hydrogens is 334 g/mol. The van der Waals surface area contributed by atoms with Crippen molar-refractivity contribution >= 4 is 28.5 Å². The molecule has 6 heteroatoms. The normalized spacial score (nSPS) is 11.8. The first kappa shape index (κ1) is 17.4. The molecule has 1 unspecified atom stereocenters. The van der Waals surface area contributed by atoms with Gasteiger partial charge in [0.05, 0.1) is 5.39 Å². The molecule has 1 amide bonds. The van der Waals surface area contributed by atoms with Gasteiger partial charge >= 0.3 is 5.97 Å². The molecule has 0 bridgehead atoms. The van der Waals surface area contributed by atoms with E-state index < -0.39 is 18.0 Å². The van der Waals surface area contributed by atoms with Crippen LogP contribution in [-0.4, -0.2) is 25.0 Å². The maximum atomic E-state index is 12.4. The lowest BCUT2D eigenvalue weighted by molar-refractivity contribution is -0.126. The zero-order valence-electron chi connectivity index (χ0n) is 14.3. The smallest absolute Gasteiger partial charge is 0.375 e. The second-order valence-electron chi connectivity index (χ2n) is 5.75. The number of carbonyl (C=O) groups is 2. The Morgan fingerprint density at radius 2 is 1.69 bits per heavy atom. The van der Waals surface area contributed by atoms with Crippen LogP contribution in [0, 0.1) is 0 Å². The lowest BCUT2D eigenvalue weighted by Crippen LogP contribution is -2.37. The number of hydrogen-bond donors (Lipinski definition) is 0. The summed E-state index contributed by atoms with van der Waals surface area (Å²) in [5.74, 6) is -1.50. The topological polar surface area (TPSA) is 76.8 Å². The Bertz CT molecular complexity index is 1010. The second-order valence-corrected chi connectivity index (χ2v) is 5.75. The van der Waals surface area contributed by atoms with Gasteiger partial charge in [0.2, 0.25) is 5.76 Å². The summed E-state index contributed by atoms with van der Waals surface area (Å²) in [5, 5.41) is 0.372. The first-order valence-electron chi connectivity index (χ1n) is 8.04. The summed E-state index contributed by atoms with van der Waals surface area (Å²) < 4.78 is 10.6. The molecule has 2 aromatic carbocycles. The second kappa shape index (κ2) is 7.23. The van der Waals surface area contributed by atoms with Gasteiger partial charge < -0.3 is 14.1 Å². The van der Waals surface area contributed by atoms with Crippen LogP contribution >= 0.6 is 0 Å². The highest BCUT2D eigenvalue weighted by atomic mass is 16.6. The molecule has 0 spiro atoms. The predicted octanol–water partition coefficient (Wildman–Crippen LogP) is 3.00. The highest BCUT2D eigenvalue weighted by Crippen LogP contribution is 2.15. The summed E-state index contributed by atoms with van der Waals surface area (Å²) in [6, 6.07) is 16.7. The molecule has 0 fully saturated rings. The fourth-order valence-electron chi connectivity index (χ4n) is 2.53. The Kier molecular flexibility index (Phi) is 4.84. The van der Waals surface area contributed by atoms with Gasteiger partial charge in [-0.05, 0) is 31.2 Å². The van der Waals surface area contributed by atoms with Crippen molar-refractivity contribution in [2.24, 2.45) is 0 Å². The molecule has 6 nitrogen and oxygen atoms in total. The average molecular weight is 351 g/mol. The third-order valence-electron chi connectivity index (χ3n) is 3.94. The van der Waals surface area contributed by atoms with Crippen LogP contribution in [0.25, 0.3) is 11.0 Å². The average Bonchev–Trinajstić information content (AvgIpc) is 2.67. The largest absolute Gasteiger partial charge is 0.449 e. The van der Waals surface area contributed by atoms with Crippen LogP contribution in [-0.2, 0) is 9.53 Å². The minimum atomic E-state index is -1.04. The third kappa shape index (κ3) is 3.49. The number of ether oxygens (including phenoxy) is 1. The molecule has 132 valence electrons. The van der Waals surface area contributed by atoms with Crippen molar-refractivity contribution in [3.63, 3.8) is 0 Å². The van der Waals surface area contributed by atoms with Crippen molar-refractivity contribution in [3.05, 3.63) is 76.6 Å². The van der Waals surface area contributed by atoms with Gasteiger partial charge in [0.25, 0.3) is 5.91 Å². The summed E-state index contributed by atoms with van der Waals surface area (Å²) in [7, 11) is 1.60. The molecule has 0 aliphatic rings. The fraction of sp³-hybridized carbons (Fsp3) is 0.150. The number of hydrogen-bond acceptors (Lipinski definition) is 5. The number of para-hydroxylation sites is 2. The van der Waals surface area contributed by atoms with E-state index in [1.165, 1.54) is 11.8 Å². The molecule has 0 aliphatic carbocycles. The number of carbonyl (C=O) groups excluding carboxylic acids is 2. The molecule has 3 aromatic rings. The number of benzene rings is 2. The number of fused-ring (bicyclic) bond motifs is 1. The SMILES string of the molecule is CC(OC(=O)c1cc(=O)c2ccccc2o1)C(=O)N(C)c1ccccc1. The Hall–Kier alpha value is -3.41. The van der Waals surface area contributed by atoms with E-state index in [-0.39, 0.29) is 16.8 Å². The Labute approximate surface area is 149 Å². The molecule has 3 rings (SSSR count). The maximum absolute atomic E-state index is 12.4. The number of rotatable bonds is 4. The lowest BCUT2D eigenvalue weighted by Gasteiger charge is -2.21. The van der Waals surface area contributed by atoms with E-state index in [0.29, 0.717) is 11.1 Å². The van der Waals surface area contributed by atoms with Crippen LogP contribution in [0.2, 0.25) is 0 Å². The zero-order valence-corrected chi connectivity index (χ0v) is 14.3. The van der Waals surface area contributed by atoms with Crippen LogP contribution in [0.5, 0.6) is 0 Å². The first-order valence-corrected chi connectivity index (χ1v) is 8.04. The number of amides is 1. The minimum Gasteiger partial charge on any atom is -0.449 e. The molecule has 0 saturated carbocycles. The summed E-state index contributed by atoms with van der Waals surface area (Å²) in [6.45, 7) is 1.47. The summed E-state index contributed by atoms with van der Waals surface area (Å²) in [4.78, 5) is 38.2. The Morgan fingerprint density at radius 1 is 1.04 bits per heavy atom.